The van der Waals surface area contributed by atoms with Crippen molar-refractivity contribution in [3.8, 4) is 0 Å². The minimum atomic E-state index is -0.425. The molecule has 1 aromatic carbocycles. The zero-order chi connectivity index (χ0) is 13.7. The van der Waals surface area contributed by atoms with Gasteiger partial charge in [0.1, 0.15) is 0 Å². The van der Waals surface area contributed by atoms with E-state index in [2.05, 4.69) is 23.5 Å². The molecule has 0 aliphatic heterocycles. The third kappa shape index (κ3) is 3.55. The van der Waals surface area contributed by atoms with Crippen LogP contribution in [0.3, 0.4) is 0 Å². The lowest BCUT2D eigenvalue weighted by Gasteiger charge is -2.30. The third-order valence-electron chi connectivity index (χ3n) is 3.68. The molecule has 2 atom stereocenters. The first-order valence-electron chi connectivity index (χ1n) is 6.82. The summed E-state index contributed by atoms with van der Waals surface area (Å²) in [6.07, 6.45) is 2.54. The fourth-order valence-electron chi connectivity index (χ4n) is 2.48. The second-order valence-electron chi connectivity index (χ2n) is 5.09. The Morgan fingerprint density at radius 3 is 3.05 bits per heavy atom. The fraction of sp³-hybridized carbons (Fsp3) is 0.533. The summed E-state index contributed by atoms with van der Waals surface area (Å²) >= 11 is 0. The summed E-state index contributed by atoms with van der Waals surface area (Å²) in [4.78, 5) is 11.8. The molecule has 19 heavy (non-hydrogen) atoms. The highest BCUT2D eigenvalue weighted by Crippen LogP contribution is 2.33. The summed E-state index contributed by atoms with van der Waals surface area (Å²) in [5, 5.41) is 2.95. The molecule has 2 unspecified atom stereocenters. The van der Waals surface area contributed by atoms with Gasteiger partial charge < -0.3 is 15.8 Å². The molecule has 3 N–H and O–H groups in total. The van der Waals surface area contributed by atoms with Crippen LogP contribution in [0.25, 0.3) is 0 Å². The predicted octanol–water partition coefficient (Wildman–Crippen LogP) is 1.20. The standard InChI is InChI=1S/C15H22N2O2/c1-19-8-4-7-14(16)15(18)17-10-12-9-11-5-2-3-6-13(11)12/h2-3,5-6,12,14H,4,7-10,16H2,1H3,(H,17,18). The van der Waals surface area contributed by atoms with Gasteiger partial charge in [-0.15, -0.1) is 0 Å². The number of carbonyl (C=O) groups is 1. The number of carbonyl (C=O) groups excluding carboxylic acids is 1. The summed E-state index contributed by atoms with van der Waals surface area (Å²) in [6.45, 7) is 1.34. The number of rotatable bonds is 7. The van der Waals surface area contributed by atoms with Crippen LogP contribution < -0.4 is 11.1 Å². The maximum atomic E-state index is 11.8. The van der Waals surface area contributed by atoms with E-state index in [0.29, 0.717) is 25.5 Å². The molecule has 0 saturated carbocycles. The van der Waals surface area contributed by atoms with Gasteiger partial charge in [-0.2, -0.15) is 0 Å². The molecule has 0 heterocycles. The molecule has 104 valence electrons. The van der Waals surface area contributed by atoms with Crippen LogP contribution in [0, 0.1) is 0 Å². The SMILES string of the molecule is COCCCC(N)C(=O)NCC1Cc2ccccc21. The van der Waals surface area contributed by atoms with Crippen molar-refractivity contribution < 1.29 is 9.53 Å². The van der Waals surface area contributed by atoms with Crippen LogP contribution in [0.4, 0.5) is 0 Å². The van der Waals surface area contributed by atoms with Crippen molar-refractivity contribution in [2.45, 2.75) is 31.2 Å². The topological polar surface area (TPSA) is 64.3 Å². The highest BCUT2D eigenvalue weighted by atomic mass is 16.5. The number of benzene rings is 1. The molecule has 1 amide bonds. The van der Waals surface area contributed by atoms with E-state index in [1.54, 1.807) is 7.11 Å². The fourth-order valence-corrected chi connectivity index (χ4v) is 2.48. The minimum absolute atomic E-state index is 0.0551. The monoisotopic (exact) mass is 262 g/mol. The van der Waals surface area contributed by atoms with Crippen LogP contribution in [0.1, 0.15) is 29.9 Å². The smallest absolute Gasteiger partial charge is 0.236 e. The molecule has 0 aromatic heterocycles. The Balaban J connectivity index is 1.70. The van der Waals surface area contributed by atoms with Gasteiger partial charge in [-0.25, -0.2) is 0 Å². The summed E-state index contributed by atoms with van der Waals surface area (Å²) in [5.74, 6) is 0.395. The van der Waals surface area contributed by atoms with Crippen LogP contribution in [0.5, 0.6) is 0 Å². The Morgan fingerprint density at radius 2 is 2.32 bits per heavy atom. The molecular weight excluding hydrogens is 240 g/mol. The zero-order valence-corrected chi connectivity index (χ0v) is 11.4. The predicted molar refractivity (Wildman–Crippen MR) is 75.0 cm³/mol. The first kappa shape index (κ1) is 14.0. The number of methoxy groups -OCH3 is 1. The van der Waals surface area contributed by atoms with E-state index in [1.807, 2.05) is 6.07 Å². The molecule has 2 rings (SSSR count). The van der Waals surface area contributed by atoms with Crippen LogP contribution in [-0.2, 0) is 16.0 Å². The quantitative estimate of drug-likeness (QED) is 0.726. The summed E-state index contributed by atoms with van der Waals surface area (Å²) in [6, 6.07) is 7.95. The molecule has 1 aliphatic carbocycles. The van der Waals surface area contributed by atoms with Gasteiger partial charge in [-0.1, -0.05) is 24.3 Å². The van der Waals surface area contributed by atoms with Crippen LogP contribution >= 0.6 is 0 Å². The average Bonchev–Trinajstić information content (AvgIpc) is 2.39. The maximum Gasteiger partial charge on any atom is 0.236 e. The van der Waals surface area contributed by atoms with Crippen LogP contribution in [0.15, 0.2) is 24.3 Å². The molecular formula is C15H22N2O2. The Labute approximate surface area is 114 Å². The number of fused-ring (bicyclic) bond motifs is 1. The second-order valence-corrected chi connectivity index (χ2v) is 5.09. The van der Waals surface area contributed by atoms with Crippen LogP contribution in [-0.4, -0.2) is 32.2 Å². The summed E-state index contributed by atoms with van der Waals surface area (Å²) in [7, 11) is 1.65. The maximum absolute atomic E-state index is 11.8. The number of amides is 1. The van der Waals surface area contributed by atoms with E-state index in [1.165, 1.54) is 11.1 Å². The first-order chi connectivity index (χ1) is 9.22. The highest BCUT2D eigenvalue weighted by molar-refractivity contribution is 5.81. The van der Waals surface area contributed by atoms with Crippen molar-refractivity contribution in [1.29, 1.82) is 0 Å². The normalized spacial score (nSPS) is 18.3. The Hall–Kier alpha value is -1.39. The lowest BCUT2D eigenvalue weighted by Crippen LogP contribution is -2.43. The minimum Gasteiger partial charge on any atom is -0.385 e. The van der Waals surface area contributed by atoms with Gasteiger partial charge in [-0.3, -0.25) is 4.79 Å². The molecule has 0 spiro atoms. The lowest BCUT2D eigenvalue weighted by molar-refractivity contribution is -0.122. The van der Waals surface area contributed by atoms with Crippen molar-refractivity contribution >= 4 is 5.91 Å². The van der Waals surface area contributed by atoms with E-state index >= 15 is 0 Å². The van der Waals surface area contributed by atoms with Gasteiger partial charge in [0.2, 0.25) is 5.91 Å². The van der Waals surface area contributed by atoms with Crippen molar-refractivity contribution in [2.75, 3.05) is 20.3 Å². The number of hydrogen-bond acceptors (Lipinski definition) is 3. The molecule has 1 aromatic rings. The number of ether oxygens (including phenoxy) is 1. The van der Waals surface area contributed by atoms with E-state index in [-0.39, 0.29) is 5.91 Å². The first-order valence-corrected chi connectivity index (χ1v) is 6.82. The Bertz CT molecular complexity index is 434. The van der Waals surface area contributed by atoms with E-state index in [9.17, 15) is 4.79 Å². The Morgan fingerprint density at radius 1 is 1.53 bits per heavy atom. The van der Waals surface area contributed by atoms with Crippen molar-refractivity contribution in [3.05, 3.63) is 35.4 Å². The van der Waals surface area contributed by atoms with Gasteiger partial charge in [-0.05, 0) is 30.4 Å². The third-order valence-corrected chi connectivity index (χ3v) is 3.68. The Kier molecular flexibility index (Phi) is 4.93. The molecule has 0 bridgehead atoms. The van der Waals surface area contributed by atoms with Crippen molar-refractivity contribution in [3.63, 3.8) is 0 Å². The van der Waals surface area contributed by atoms with Gasteiger partial charge >= 0.3 is 0 Å². The molecule has 4 nitrogen and oxygen atoms in total. The van der Waals surface area contributed by atoms with Gasteiger partial charge in [0.25, 0.3) is 0 Å². The second kappa shape index (κ2) is 6.68. The van der Waals surface area contributed by atoms with Gasteiger partial charge in [0.15, 0.2) is 0 Å². The molecule has 0 saturated heterocycles. The highest BCUT2D eigenvalue weighted by Gasteiger charge is 2.26. The zero-order valence-electron chi connectivity index (χ0n) is 11.4. The van der Waals surface area contributed by atoms with E-state index in [4.69, 9.17) is 10.5 Å². The van der Waals surface area contributed by atoms with E-state index in [0.717, 1.165) is 12.8 Å². The number of nitrogens with one attached hydrogen (secondary N) is 1. The van der Waals surface area contributed by atoms with E-state index < -0.39 is 6.04 Å². The largest absolute Gasteiger partial charge is 0.385 e. The lowest BCUT2D eigenvalue weighted by atomic mass is 9.77. The molecule has 0 fully saturated rings. The molecule has 4 heteroatoms. The van der Waals surface area contributed by atoms with Crippen molar-refractivity contribution in [1.82, 2.24) is 5.32 Å². The van der Waals surface area contributed by atoms with Crippen molar-refractivity contribution in [2.24, 2.45) is 5.73 Å². The van der Waals surface area contributed by atoms with Crippen LogP contribution in [0.2, 0.25) is 0 Å². The number of hydrogen-bond donors (Lipinski definition) is 2. The molecule has 0 radical (unpaired) electrons. The summed E-state index contributed by atoms with van der Waals surface area (Å²) in [5.41, 5.74) is 8.58. The number of nitrogens with two attached hydrogens (primary N) is 1. The van der Waals surface area contributed by atoms with Gasteiger partial charge in [0.05, 0.1) is 6.04 Å². The van der Waals surface area contributed by atoms with Gasteiger partial charge in [0, 0.05) is 26.2 Å². The average molecular weight is 262 g/mol. The molecule has 1 aliphatic rings. The summed E-state index contributed by atoms with van der Waals surface area (Å²) < 4.78 is 4.95.